The van der Waals surface area contributed by atoms with E-state index in [1.807, 2.05) is 0 Å². The highest BCUT2D eigenvalue weighted by molar-refractivity contribution is 4.82. The van der Waals surface area contributed by atoms with Crippen LogP contribution in [-0.2, 0) is 0 Å². The van der Waals surface area contributed by atoms with Gasteiger partial charge in [-0.05, 0) is 13.0 Å². The van der Waals surface area contributed by atoms with Gasteiger partial charge in [-0.25, -0.2) is 0 Å². The van der Waals surface area contributed by atoms with E-state index < -0.39 is 0 Å². The lowest BCUT2D eigenvalue weighted by atomic mass is 10.0. The van der Waals surface area contributed by atoms with Crippen molar-refractivity contribution in [2.75, 3.05) is 19.8 Å². The van der Waals surface area contributed by atoms with E-state index in [-0.39, 0.29) is 25.2 Å². The molecule has 1 aliphatic rings. The summed E-state index contributed by atoms with van der Waals surface area (Å²) in [5.41, 5.74) is 0. The molecule has 3 heteroatoms. The van der Waals surface area contributed by atoms with E-state index in [2.05, 4.69) is 5.32 Å². The summed E-state index contributed by atoms with van der Waals surface area (Å²) in [7, 11) is 0. The molecule has 0 unspecified atom stereocenters. The van der Waals surface area contributed by atoms with Gasteiger partial charge in [-0.3, -0.25) is 4.39 Å². The molecule has 1 rings (SSSR count). The van der Waals surface area contributed by atoms with Crippen LogP contribution in [0.3, 0.4) is 0 Å². The van der Waals surface area contributed by atoms with E-state index in [0.29, 0.717) is 0 Å². The third kappa shape index (κ3) is 1.40. The van der Waals surface area contributed by atoms with Crippen LogP contribution in [0.5, 0.6) is 0 Å². The second-order valence-corrected chi connectivity index (χ2v) is 2.45. The van der Waals surface area contributed by atoms with Crippen molar-refractivity contribution < 1.29 is 9.50 Å². The van der Waals surface area contributed by atoms with Crippen molar-refractivity contribution in [1.82, 2.24) is 5.32 Å². The van der Waals surface area contributed by atoms with Gasteiger partial charge >= 0.3 is 0 Å². The molecule has 0 aromatic rings. The Morgan fingerprint density at radius 2 is 2.44 bits per heavy atom. The Morgan fingerprint density at radius 1 is 1.67 bits per heavy atom. The van der Waals surface area contributed by atoms with Crippen LogP contribution < -0.4 is 5.32 Å². The van der Waals surface area contributed by atoms with Gasteiger partial charge in [0.15, 0.2) is 0 Å². The molecule has 1 aliphatic heterocycles. The van der Waals surface area contributed by atoms with Gasteiger partial charge in [0.1, 0.15) is 0 Å². The number of hydrogen-bond donors (Lipinski definition) is 2. The van der Waals surface area contributed by atoms with Gasteiger partial charge in [0.25, 0.3) is 0 Å². The molecule has 1 saturated heterocycles. The summed E-state index contributed by atoms with van der Waals surface area (Å²) >= 11 is 0. The first-order valence-corrected chi connectivity index (χ1v) is 3.28. The summed E-state index contributed by atoms with van der Waals surface area (Å²) in [6.45, 7) is 0.604. The van der Waals surface area contributed by atoms with Gasteiger partial charge in [-0.1, -0.05) is 0 Å². The first-order chi connectivity index (χ1) is 4.38. The van der Waals surface area contributed by atoms with Crippen molar-refractivity contribution in [3.63, 3.8) is 0 Å². The molecule has 0 radical (unpaired) electrons. The van der Waals surface area contributed by atoms with Crippen LogP contribution in [0, 0.1) is 5.92 Å². The predicted molar refractivity (Wildman–Crippen MR) is 33.0 cm³/mol. The predicted octanol–water partition coefficient (Wildman–Crippen LogP) is -0.0737. The van der Waals surface area contributed by atoms with Crippen LogP contribution in [0.4, 0.5) is 4.39 Å². The van der Waals surface area contributed by atoms with Gasteiger partial charge in [0.05, 0.1) is 13.3 Å². The molecule has 2 nitrogen and oxygen atoms in total. The van der Waals surface area contributed by atoms with Gasteiger partial charge in [0, 0.05) is 12.0 Å². The lowest BCUT2D eigenvalue weighted by molar-refractivity contribution is 0.209. The molecule has 0 amide bonds. The van der Waals surface area contributed by atoms with Crippen LogP contribution in [0.1, 0.15) is 6.42 Å². The second-order valence-electron chi connectivity index (χ2n) is 2.45. The van der Waals surface area contributed by atoms with Crippen molar-refractivity contribution in [3.8, 4) is 0 Å². The Bertz CT molecular complexity index is 79.1. The van der Waals surface area contributed by atoms with Crippen LogP contribution in [0.25, 0.3) is 0 Å². The second kappa shape index (κ2) is 3.13. The molecule has 0 aliphatic carbocycles. The molecule has 2 N–H and O–H groups in total. The summed E-state index contributed by atoms with van der Waals surface area (Å²) in [5, 5.41) is 11.7. The minimum absolute atomic E-state index is 0.00926. The largest absolute Gasteiger partial charge is 0.395 e. The highest BCUT2D eigenvalue weighted by Crippen LogP contribution is 2.14. The van der Waals surface area contributed by atoms with Crippen LogP contribution >= 0.6 is 0 Å². The zero-order chi connectivity index (χ0) is 6.69. The molecule has 0 spiro atoms. The Hall–Kier alpha value is -0.150. The van der Waals surface area contributed by atoms with E-state index in [1.54, 1.807) is 0 Å². The Labute approximate surface area is 54.1 Å². The molecule has 0 saturated carbocycles. The quantitative estimate of drug-likeness (QED) is 0.552. The van der Waals surface area contributed by atoms with E-state index in [4.69, 9.17) is 5.11 Å². The van der Waals surface area contributed by atoms with Gasteiger partial charge in [0.2, 0.25) is 0 Å². The zero-order valence-electron chi connectivity index (χ0n) is 5.31. The van der Waals surface area contributed by atoms with Crippen molar-refractivity contribution in [3.05, 3.63) is 0 Å². The zero-order valence-corrected chi connectivity index (χ0v) is 5.31. The lowest BCUT2D eigenvalue weighted by Gasteiger charge is -2.11. The fraction of sp³-hybridized carbons (Fsp3) is 1.00. The van der Waals surface area contributed by atoms with Crippen molar-refractivity contribution >= 4 is 0 Å². The first-order valence-electron chi connectivity index (χ1n) is 3.28. The third-order valence-electron chi connectivity index (χ3n) is 1.89. The smallest absolute Gasteiger partial charge is 0.0938 e. The fourth-order valence-corrected chi connectivity index (χ4v) is 1.22. The number of rotatable bonds is 2. The standard InChI is InChI=1S/C6H12FNO/c7-3-5-1-2-8-6(5)4-9/h5-6,8-9H,1-4H2/t5-,6-/m0/s1. The highest BCUT2D eigenvalue weighted by Gasteiger charge is 2.25. The average Bonchev–Trinajstić information content (AvgIpc) is 2.33. The molecule has 1 fully saturated rings. The van der Waals surface area contributed by atoms with Crippen LogP contribution in [0.2, 0.25) is 0 Å². The number of nitrogens with one attached hydrogen (secondary N) is 1. The maximum atomic E-state index is 12.0. The average molecular weight is 133 g/mol. The molecule has 0 aromatic carbocycles. The van der Waals surface area contributed by atoms with Gasteiger partial charge in [-0.15, -0.1) is 0 Å². The monoisotopic (exact) mass is 133 g/mol. The SMILES string of the molecule is OC[C@@H]1NCC[C@H]1CF. The van der Waals surface area contributed by atoms with E-state index in [9.17, 15) is 4.39 Å². The van der Waals surface area contributed by atoms with E-state index in [0.717, 1.165) is 13.0 Å². The van der Waals surface area contributed by atoms with Crippen molar-refractivity contribution in [2.24, 2.45) is 5.92 Å². The van der Waals surface area contributed by atoms with Crippen molar-refractivity contribution in [1.29, 1.82) is 0 Å². The summed E-state index contributed by atoms with van der Waals surface area (Å²) in [6, 6.07) is 0.00926. The Balaban J connectivity index is 2.32. The number of aliphatic hydroxyl groups excluding tert-OH is 1. The maximum absolute atomic E-state index is 12.0. The minimum Gasteiger partial charge on any atom is -0.395 e. The lowest BCUT2D eigenvalue weighted by Crippen LogP contribution is -2.31. The number of hydrogen-bond acceptors (Lipinski definition) is 2. The molecule has 0 aromatic heterocycles. The summed E-state index contributed by atoms with van der Waals surface area (Å²) in [6.07, 6.45) is 0.863. The first kappa shape index (κ1) is 6.96. The highest BCUT2D eigenvalue weighted by atomic mass is 19.1. The maximum Gasteiger partial charge on any atom is 0.0938 e. The fourth-order valence-electron chi connectivity index (χ4n) is 1.22. The number of alkyl halides is 1. The normalized spacial score (nSPS) is 35.3. The third-order valence-corrected chi connectivity index (χ3v) is 1.89. The molecule has 54 valence electrons. The van der Waals surface area contributed by atoms with Crippen LogP contribution in [0.15, 0.2) is 0 Å². The molecule has 9 heavy (non-hydrogen) atoms. The van der Waals surface area contributed by atoms with Gasteiger partial charge < -0.3 is 10.4 Å². The summed E-state index contributed by atoms with van der Waals surface area (Å²) in [5.74, 6) is 0.0509. The number of halogens is 1. The molecule has 0 bridgehead atoms. The molecule has 2 atom stereocenters. The minimum atomic E-state index is -0.307. The van der Waals surface area contributed by atoms with E-state index >= 15 is 0 Å². The van der Waals surface area contributed by atoms with Gasteiger partial charge in [-0.2, -0.15) is 0 Å². The van der Waals surface area contributed by atoms with Crippen molar-refractivity contribution in [2.45, 2.75) is 12.5 Å². The summed E-state index contributed by atoms with van der Waals surface area (Å²) in [4.78, 5) is 0. The molecular formula is C6H12FNO. The molecule has 1 heterocycles. The topological polar surface area (TPSA) is 32.3 Å². The Morgan fingerprint density at radius 3 is 2.89 bits per heavy atom. The van der Waals surface area contributed by atoms with Crippen LogP contribution in [-0.4, -0.2) is 31.0 Å². The van der Waals surface area contributed by atoms with E-state index in [1.165, 1.54) is 0 Å². The Kier molecular flexibility index (Phi) is 2.42. The molecular weight excluding hydrogens is 121 g/mol. The summed E-state index contributed by atoms with van der Waals surface area (Å²) < 4.78 is 12.0. The number of aliphatic hydroxyl groups is 1.